The fourth-order valence-corrected chi connectivity index (χ4v) is 3.22. The summed E-state index contributed by atoms with van der Waals surface area (Å²) in [6, 6.07) is 0. The van der Waals surface area contributed by atoms with Gasteiger partial charge in [-0.15, -0.1) is 0 Å². The van der Waals surface area contributed by atoms with Gasteiger partial charge in [-0.25, -0.2) is 8.61 Å². The van der Waals surface area contributed by atoms with Crippen LogP contribution in [0, 0.1) is 0 Å². The number of nitrogens with one attached hydrogen (secondary N) is 2. The Morgan fingerprint density at radius 3 is 1.85 bits per heavy atom. The monoisotopic (exact) mass is 252 g/mol. The molecule has 13 heavy (non-hydrogen) atoms. The van der Waals surface area contributed by atoms with Gasteiger partial charge < -0.3 is 10.6 Å². The first-order valence-electron chi connectivity index (χ1n) is 3.65. The molecular formula is C5H8N4S4. The SMILES string of the molecule is S=C1NCN(CN2CNC(=S)S2)S1. The lowest BCUT2D eigenvalue weighted by atomic mass is 10.9. The van der Waals surface area contributed by atoms with Crippen LogP contribution in [0.15, 0.2) is 0 Å². The van der Waals surface area contributed by atoms with Crippen LogP contribution in [-0.4, -0.2) is 37.3 Å². The van der Waals surface area contributed by atoms with E-state index in [2.05, 4.69) is 19.2 Å². The third-order valence-electron chi connectivity index (χ3n) is 1.54. The molecule has 0 atom stereocenters. The van der Waals surface area contributed by atoms with Crippen LogP contribution in [0.2, 0.25) is 0 Å². The summed E-state index contributed by atoms with van der Waals surface area (Å²) in [6.07, 6.45) is 0. The Kier molecular flexibility index (Phi) is 3.27. The molecule has 0 radical (unpaired) electrons. The Balaban J connectivity index is 1.78. The summed E-state index contributed by atoms with van der Waals surface area (Å²) in [5.41, 5.74) is 0. The largest absolute Gasteiger partial charge is 0.356 e. The van der Waals surface area contributed by atoms with Crippen molar-refractivity contribution < 1.29 is 0 Å². The number of hydrogen-bond acceptors (Lipinski definition) is 6. The molecule has 2 heterocycles. The number of nitrogens with zero attached hydrogens (tertiary/aromatic N) is 2. The van der Waals surface area contributed by atoms with Gasteiger partial charge in [-0.2, -0.15) is 0 Å². The standard InChI is InChI=1S/C5H8N4S4/c10-4-6-1-8(12-4)3-9-2-7-5(11)13-9/h1-3H2,(H,6,10)(H,7,11). The highest BCUT2D eigenvalue weighted by Gasteiger charge is 2.23. The normalized spacial score (nSPS) is 24.9. The van der Waals surface area contributed by atoms with Gasteiger partial charge in [-0.05, 0) is 23.9 Å². The van der Waals surface area contributed by atoms with Gasteiger partial charge in [-0.3, -0.25) is 0 Å². The van der Waals surface area contributed by atoms with Gasteiger partial charge in [0.1, 0.15) is 8.64 Å². The fourth-order valence-electron chi connectivity index (χ4n) is 1.00. The van der Waals surface area contributed by atoms with Crippen molar-refractivity contribution >= 4 is 57.0 Å². The molecule has 0 aromatic carbocycles. The van der Waals surface area contributed by atoms with Gasteiger partial charge in [0, 0.05) is 0 Å². The first kappa shape index (κ1) is 9.94. The van der Waals surface area contributed by atoms with E-state index in [0.717, 1.165) is 28.6 Å². The highest BCUT2D eigenvalue weighted by Crippen LogP contribution is 2.22. The van der Waals surface area contributed by atoms with Crippen LogP contribution in [0.1, 0.15) is 0 Å². The third-order valence-corrected chi connectivity index (χ3v) is 3.90. The van der Waals surface area contributed by atoms with E-state index in [1.54, 1.807) is 23.9 Å². The van der Waals surface area contributed by atoms with Gasteiger partial charge in [0.2, 0.25) is 0 Å². The summed E-state index contributed by atoms with van der Waals surface area (Å²) >= 11 is 13.2. The van der Waals surface area contributed by atoms with Crippen LogP contribution >= 0.6 is 48.3 Å². The maximum atomic E-state index is 5.00. The van der Waals surface area contributed by atoms with Crippen LogP contribution in [0.3, 0.4) is 0 Å². The fraction of sp³-hybridized carbons (Fsp3) is 0.600. The van der Waals surface area contributed by atoms with Gasteiger partial charge in [0.05, 0.1) is 20.0 Å². The highest BCUT2D eigenvalue weighted by atomic mass is 32.2. The van der Waals surface area contributed by atoms with Gasteiger partial charge >= 0.3 is 0 Å². The molecule has 2 aliphatic heterocycles. The van der Waals surface area contributed by atoms with Crippen LogP contribution in [0.4, 0.5) is 0 Å². The Hall–Kier alpha value is 0.400. The molecule has 0 aliphatic carbocycles. The molecule has 4 nitrogen and oxygen atoms in total. The molecule has 0 amide bonds. The van der Waals surface area contributed by atoms with Gasteiger partial charge in [0.15, 0.2) is 0 Å². The molecule has 2 saturated heterocycles. The average Bonchev–Trinajstić information content (AvgIpc) is 2.62. The minimum Gasteiger partial charge on any atom is -0.356 e. The molecule has 0 bridgehead atoms. The average molecular weight is 252 g/mol. The number of thiocarbonyl (C=S) groups is 2. The van der Waals surface area contributed by atoms with E-state index in [1.807, 2.05) is 0 Å². The van der Waals surface area contributed by atoms with Crippen molar-refractivity contribution in [3.05, 3.63) is 0 Å². The lowest BCUT2D eigenvalue weighted by Gasteiger charge is -2.17. The van der Waals surface area contributed by atoms with Crippen LogP contribution in [-0.2, 0) is 0 Å². The first-order valence-corrected chi connectivity index (χ1v) is 6.02. The molecule has 2 N–H and O–H groups in total. The molecule has 0 unspecified atom stereocenters. The summed E-state index contributed by atoms with van der Waals surface area (Å²) < 4.78 is 6.01. The zero-order valence-corrected chi connectivity index (χ0v) is 9.91. The second-order valence-electron chi connectivity index (χ2n) is 2.53. The van der Waals surface area contributed by atoms with Crippen molar-refractivity contribution in [2.24, 2.45) is 0 Å². The zero-order valence-electron chi connectivity index (χ0n) is 6.65. The van der Waals surface area contributed by atoms with Crippen LogP contribution < -0.4 is 10.6 Å². The van der Waals surface area contributed by atoms with Crippen molar-refractivity contribution in [2.45, 2.75) is 0 Å². The van der Waals surface area contributed by atoms with Crippen molar-refractivity contribution in [1.82, 2.24) is 19.2 Å². The molecule has 8 heteroatoms. The molecule has 2 fully saturated rings. The molecule has 0 saturated carbocycles. The maximum absolute atomic E-state index is 5.00. The van der Waals surface area contributed by atoms with E-state index < -0.39 is 0 Å². The Morgan fingerprint density at radius 2 is 1.54 bits per heavy atom. The van der Waals surface area contributed by atoms with E-state index in [4.69, 9.17) is 24.4 Å². The second kappa shape index (κ2) is 4.28. The Bertz CT molecular complexity index is 221. The molecule has 2 rings (SSSR count). The quantitative estimate of drug-likeness (QED) is 0.544. The topological polar surface area (TPSA) is 30.5 Å². The smallest absolute Gasteiger partial charge is 0.150 e. The van der Waals surface area contributed by atoms with E-state index in [0.29, 0.717) is 0 Å². The van der Waals surface area contributed by atoms with Crippen molar-refractivity contribution in [3.63, 3.8) is 0 Å². The summed E-state index contributed by atoms with van der Waals surface area (Å²) in [4.78, 5) is 0. The summed E-state index contributed by atoms with van der Waals surface area (Å²) in [6.45, 7) is 2.48. The minimum atomic E-state index is 0.813. The van der Waals surface area contributed by atoms with Gasteiger partial charge in [-0.1, -0.05) is 24.4 Å². The van der Waals surface area contributed by atoms with Crippen LogP contribution in [0.5, 0.6) is 0 Å². The van der Waals surface area contributed by atoms with Crippen molar-refractivity contribution in [1.29, 1.82) is 0 Å². The number of hydrogen-bond donors (Lipinski definition) is 2. The zero-order chi connectivity index (χ0) is 9.26. The third kappa shape index (κ3) is 2.67. The van der Waals surface area contributed by atoms with Crippen molar-refractivity contribution in [3.8, 4) is 0 Å². The van der Waals surface area contributed by atoms with Gasteiger partial charge in [0.25, 0.3) is 0 Å². The predicted molar refractivity (Wildman–Crippen MR) is 64.9 cm³/mol. The lowest BCUT2D eigenvalue weighted by Crippen LogP contribution is -2.30. The van der Waals surface area contributed by atoms with E-state index in [9.17, 15) is 0 Å². The summed E-state index contributed by atoms with van der Waals surface area (Å²) in [5.74, 6) is 0. The summed E-state index contributed by atoms with van der Waals surface area (Å²) in [5, 5.41) is 6.17. The molecular weight excluding hydrogens is 244 g/mol. The second-order valence-corrected chi connectivity index (χ2v) is 6.08. The Morgan fingerprint density at radius 1 is 1.08 bits per heavy atom. The molecule has 72 valence electrons. The van der Waals surface area contributed by atoms with E-state index in [-0.39, 0.29) is 0 Å². The highest BCUT2D eigenvalue weighted by molar-refractivity contribution is 8.22. The Labute approximate surface area is 96.0 Å². The molecule has 2 aliphatic rings. The minimum absolute atomic E-state index is 0.813. The van der Waals surface area contributed by atoms with E-state index >= 15 is 0 Å². The van der Waals surface area contributed by atoms with Crippen molar-refractivity contribution in [2.75, 3.05) is 20.0 Å². The number of rotatable bonds is 2. The van der Waals surface area contributed by atoms with E-state index in [1.165, 1.54) is 0 Å². The van der Waals surface area contributed by atoms with Crippen LogP contribution in [0.25, 0.3) is 0 Å². The predicted octanol–water partition coefficient (Wildman–Crippen LogP) is 0.536. The maximum Gasteiger partial charge on any atom is 0.150 e. The summed E-state index contributed by atoms with van der Waals surface area (Å²) in [7, 11) is 0. The molecule has 0 aromatic rings. The first-order chi connectivity index (χ1) is 6.24. The molecule has 0 spiro atoms. The lowest BCUT2D eigenvalue weighted by molar-refractivity contribution is 0.336. The molecule has 0 aromatic heterocycles.